The molecule has 0 aromatic heterocycles. The molecule has 4 heteroatoms. The molecular formula is C21H22BrClN2. The normalized spacial score (nSPS) is 20.3. The zero-order valence-electron chi connectivity index (χ0n) is 14.2. The Hall–Kier alpha value is -1.32. The van der Waals surface area contributed by atoms with E-state index in [1.807, 2.05) is 18.2 Å². The fourth-order valence-corrected chi connectivity index (χ4v) is 4.76. The summed E-state index contributed by atoms with van der Waals surface area (Å²) in [5, 5.41) is 4.44. The number of hydrogen-bond acceptors (Lipinski definition) is 1. The highest BCUT2D eigenvalue weighted by molar-refractivity contribution is 9.10. The van der Waals surface area contributed by atoms with Crippen molar-refractivity contribution in [2.24, 2.45) is 10.4 Å². The topological polar surface area (TPSA) is 24.4 Å². The smallest absolute Gasteiger partial charge is 0.108 e. The zero-order valence-corrected chi connectivity index (χ0v) is 16.5. The highest BCUT2D eigenvalue weighted by Gasteiger charge is 2.40. The maximum Gasteiger partial charge on any atom is 0.108 e. The van der Waals surface area contributed by atoms with E-state index in [1.54, 1.807) is 0 Å². The fraction of sp³-hybridized carbons (Fsp3) is 0.381. The molecule has 0 atom stereocenters. The van der Waals surface area contributed by atoms with Crippen molar-refractivity contribution < 1.29 is 0 Å². The van der Waals surface area contributed by atoms with Crippen LogP contribution in [0.15, 0.2) is 51.9 Å². The van der Waals surface area contributed by atoms with Gasteiger partial charge in [-0.05, 0) is 54.7 Å². The van der Waals surface area contributed by atoms with Gasteiger partial charge in [-0.15, -0.1) is 0 Å². The molecule has 2 aromatic carbocycles. The third kappa shape index (κ3) is 3.63. The molecule has 1 spiro atoms. The van der Waals surface area contributed by atoms with E-state index in [2.05, 4.69) is 45.5 Å². The number of anilines is 1. The first-order chi connectivity index (χ1) is 12.1. The number of hydrogen-bond donors (Lipinski definition) is 1. The first-order valence-electron chi connectivity index (χ1n) is 8.99. The molecule has 130 valence electrons. The molecular weight excluding hydrogens is 396 g/mol. The molecule has 1 fully saturated rings. The number of rotatable bonds is 2. The van der Waals surface area contributed by atoms with E-state index >= 15 is 0 Å². The number of benzene rings is 2. The molecule has 2 aromatic rings. The van der Waals surface area contributed by atoms with Crippen molar-refractivity contribution in [1.82, 2.24) is 0 Å². The van der Waals surface area contributed by atoms with Crippen molar-refractivity contribution in [2.75, 3.05) is 5.32 Å². The van der Waals surface area contributed by atoms with Crippen LogP contribution in [0.5, 0.6) is 0 Å². The summed E-state index contributed by atoms with van der Waals surface area (Å²) in [5.41, 5.74) is 3.94. The Morgan fingerprint density at radius 1 is 1.08 bits per heavy atom. The molecule has 0 radical (unpaired) electrons. The van der Waals surface area contributed by atoms with Crippen molar-refractivity contribution in [3.63, 3.8) is 0 Å². The summed E-state index contributed by atoms with van der Waals surface area (Å²) in [6, 6.07) is 14.6. The van der Waals surface area contributed by atoms with E-state index in [0.717, 1.165) is 27.3 Å². The maximum absolute atomic E-state index is 6.12. The summed E-state index contributed by atoms with van der Waals surface area (Å²) in [6.45, 7) is 0.675. The molecule has 2 nitrogen and oxygen atoms in total. The predicted molar refractivity (Wildman–Crippen MR) is 110 cm³/mol. The van der Waals surface area contributed by atoms with Crippen LogP contribution in [0.3, 0.4) is 0 Å². The third-order valence-electron chi connectivity index (χ3n) is 5.48. The van der Waals surface area contributed by atoms with E-state index in [4.69, 9.17) is 16.6 Å². The second kappa shape index (κ2) is 7.13. The van der Waals surface area contributed by atoms with Crippen LogP contribution in [0.1, 0.15) is 43.2 Å². The highest BCUT2D eigenvalue weighted by atomic mass is 79.9. The Kier molecular flexibility index (Phi) is 4.88. The average Bonchev–Trinajstić information content (AvgIpc) is 2.61. The Morgan fingerprint density at radius 3 is 2.72 bits per heavy atom. The van der Waals surface area contributed by atoms with E-state index in [1.165, 1.54) is 43.4 Å². The number of nitrogens with one attached hydrogen (secondary N) is 1. The van der Waals surface area contributed by atoms with Crippen LogP contribution in [0.25, 0.3) is 0 Å². The molecule has 25 heavy (non-hydrogen) atoms. The van der Waals surface area contributed by atoms with Crippen LogP contribution in [0, 0.1) is 5.41 Å². The maximum atomic E-state index is 6.12. The molecule has 1 saturated carbocycles. The summed E-state index contributed by atoms with van der Waals surface area (Å²) in [7, 11) is 0. The minimum atomic E-state index is 0.178. The van der Waals surface area contributed by atoms with Crippen molar-refractivity contribution in [3.05, 3.63) is 63.1 Å². The van der Waals surface area contributed by atoms with Crippen LogP contribution in [0.4, 0.5) is 5.69 Å². The van der Waals surface area contributed by atoms with Gasteiger partial charge in [-0.3, -0.25) is 4.99 Å². The molecule has 1 N–H and O–H groups in total. The van der Waals surface area contributed by atoms with Gasteiger partial charge < -0.3 is 5.32 Å². The van der Waals surface area contributed by atoms with Crippen molar-refractivity contribution in [2.45, 2.75) is 45.1 Å². The average molecular weight is 418 g/mol. The monoisotopic (exact) mass is 416 g/mol. The lowest BCUT2D eigenvalue weighted by atomic mass is 9.67. The summed E-state index contributed by atoms with van der Waals surface area (Å²) in [6.07, 6.45) is 7.48. The van der Waals surface area contributed by atoms with E-state index < -0.39 is 0 Å². The largest absolute Gasteiger partial charge is 0.343 e. The van der Waals surface area contributed by atoms with Crippen LogP contribution >= 0.6 is 27.5 Å². The molecule has 2 aliphatic rings. The standard InChI is InChI=1S/C21H22BrClN2/c22-17-8-7-16-13-21(9-2-1-3-10-21)20(25-19(16)12-17)24-14-15-5-4-6-18(23)11-15/h4-8,11-12H,1-3,9-10,13-14H2,(H,24,25). The SMILES string of the molecule is Clc1cccc(CN=C2Nc3cc(Br)ccc3CC23CCCCC3)c1. The first-order valence-corrected chi connectivity index (χ1v) is 10.2. The molecule has 1 aliphatic heterocycles. The number of halogens is 2. The summed E-state index contributed by atoms with van der Waals surface area (Å²) in [4.78, 5) is 5.03. The first kappa shape index (κ1) is 17.1. The second-order valence-electron chi connectivity index (χ2n) is 7.24. The molecule has 0 amide bonds. The van der Waals surface area contributed by atoms with Gasteiger partial charge in [-0.25, -0.2) is 0 Å². The van der Waals surface area contributed by atoms with Gasteiger partial charge in [-0.1, -0.05) is 65.0 Å². The van der Waals surface area contributed by atoms with E-state index in [9.17, 15) is 0 Å². The van der Waals surface area contributed by atoms with Gasteiger partial charge in [0, 0.05) is 20.6 Å². The van der Waals surface area contributed by atoms with Gasteiger partial charge >= 0.3 is 0 Å². The lowest BCUT2D eigenvalue weighted by Crippen LogP contribution is -2.43. The van der Waals surface area contributed by atoms with Crippen LogP contribution in [0.2, 0.25) is 5.02 Å². The minimum Gasteiger partial charge on any atom is -0.343 e. The number of fused-ring (bicyclic) bond motifs is 1. The van der Waals surface area contributed by atoms with Crippen LogP contribution < -0.4 is 5.32 Å². The van der Waals surface area contributed by atoms with Crippen molar-refractivity contribution in [1.29, 1.82) is 0 Å². The third-order valence-corrected chi connectivity index (χ3v) is 6.20. The number of amidine groups is 1. The van der Waals surface area contributed by atoms with Crippen molar-refractivity contribution in [3.8, 4) is 0 Å². The van der Waals surface area contributed by atoms with Crippen molar-refractivity contribution >= 4 is 39.1 Å². The van der Waals surface area contributed by atoms with Gasteiger partial charge in [0.1, 0.15) is 5.84 Å². The lowest BCUT2D eigenvalue weighted by Gasteiger charge is -2.42. The van der Waals surface area contributed by atoms with Gasteiger partial charge in [0.05, 0.1) is 6.54 Å². The minimum absolute atomic E-state index is 0.178. The van der Waals surface area contributed by atoms with Gasteiger partial charge in [0.15, 0.2) is 0 Å². The van der Waals surface area contributed by atoms with Gasteiger partial charge in [0.25, 0.3) is 0 Å². The number of nitrogens with zero attached hydrogens (tertiary/aromatic N) is 1. The second-order valence-corrected chi connectivity index (χ2v) is 8.59. The van der Waals surface area contributed by atoms with E-state index in [-0.39, 0.29) is 5.41 Å². The zero-order chi connectivity index (χ0) is 17.3. The summed E-state index contributed by atoms with van der Waals surface area (Å²) < 4.78 is 1.10. The number of aliphatic imine (C=N–C) groups is 1. The predicted octanol–water partition coefficient (Wildman–Crippen LogP) is 6.62. The Labute approximate surface area is 162 Å². The van der Waals surface area contributed by atoms with Crippen LogP contribution in [-0.2, 0) is 13.0 Å². The fourth-order valence-electron chi connectivity index (χ4n) is 4.18. The molecule has 1 heterocycles. The van der Waals surface area contributed by atoms with Gasteiger partial charge in [-0.2, -0.15) is 0 Å². The summed E-state index contributed by atoms with van der Waals surface area (Å²) in [5.74, 6) is 1.16. The molecule has 0 saturated heterocycles. The Bertz CT molecular complexity index is 809. The molecule has 0 bridgehead atoms. The summed E-state index contributed by atoms with van der Waals surface area (Å²) >= 11 is 9.71. The molecule has 4 rings (SSSR count). The Morgan fingerprint density at radius 2 is 1.92 bits per heavy atom. The quantitative estimate of drug-likeness (QED) is 0.583. The Balaban J connectivity index is 1.68. The van der Waals surface area contributed by atoms with Gasteiger partial charge in [0.2, 0.25) is 0 Å². The molecule has 0 unspecified atom stereocenters. The molecule has 1 aliphatic carbocycles. The van der Waals surface area contributed by atoms with Crippen LogP contribution in [-0.4, -0.2) is 5.84 Å². The lowest BCUT2D eigenvalue weighted by molar-refractivity contribution is 0.278. The van der Waals surface area contributed by atoms with E-state index in [0.29, 0.717) is 6.54 Å². The highest BCUT2D eigenvalue weighted by Crippen LogP contribution is 2.45.